The lowest BCUT2D eigenvalue weighted by molar-refractivity contribution is 0.792. The largest absolute Gasteiger partial charge is 0.124 e. The third-order valence-electron chi connectivity index (χ3n) is 5.45. The molecule has 0 bridgehead atoms. The van der Waals surface area contributed by atoms with E-state index in [4.69, 9.17) is 0 Å². The zero-order valence-corrected chi connectivity index (χ0v) is 19.3. The second-order valence-electron chi connectivity index (χ2n) is 7.27. The summed E-state index contributed by atoms with van der Waals surface area (Å²) >= 11 is 8.08. The van der Waals surface area contributed by atoms with Gasteiger partial charge in [0.15, 0.2) is 0 Å². The molecule has 2 heterocycles. The lowest BCUT2D eigenvalue weighted by Crippen LogP contribution is -2.37. The van der Waals surface area contributed by atoms with Gasteiger partial charge in [0, 0.05) is 19.6 Å². The van der Waals surface area contributed by atoms with Crippen molar-refractivity contribution in [2.45, 2.75) is 27.7 Å². The first-order valence-corrected chi connectivity index (χ1v) is 13.1. The minimum absolute atomic E-state index is 0.187. The van der Waals surface area contributed by atoms with E-state index in [0.717, 1.165) is 0 Å². The molecule has 0 radical (unpaired) electrons. The molecule has 0 amide bonds. The monoisotopic (exact) mass is 458 g/mol. The third kappa shape index (κ3) is 2.81. The molecule has 0 spiro atoms. The Bertz CT molecular complexity index is 1060. The predicted octanol–water partition coefficient (Wildman–Crippen LogP) is 8.49. The maximum atomic E-state index is 2.31. The minimum Gasteiger partial charge on any atom is -0.0990 e. The van der Waals surface area contributed by atoms with Crippen LogP contribution < -0.4 is 0 Å². The lowest BCUT2D eigenvalue weighted by Gasteiger charge is -2.44. The smallest absolute Gasteiger partial charge is 0.0990 e. The van der Waals surface area contributed by atoms with Crippen molar-refractivity contribution in [3.63, 3.8) is 0 Å². The Morgan fingerprint density at radius 2 is 0.600 bits per heavy atom. The maximum absolute atomic E-state index is 2.31. The highest BCUT2D eigenvalue weighted by Crippen LogP contribution is 2.79. The normalized spacial score (nSPS) is 18.0. The van der Waals surface area contributed by atoms with E-state index in [1.807, 2.05) is 47.0 Å². The summed E-state index contributed by atoms with van der Waals surface area (Å²) in [6.07, 6.45) is 0. The van der Waals surface area contributed by atoms with E-state index in [2.05, 4.69) is 109 Å². The Balaban J connectivity index is 1.63. The first kappa shape index (κ1) is 19.0. The highest BCUT2D eigenvalue weighted by atomic mass is 32.2. The van der Waals surface area contributed by atoms with Crippen LogP contribution >= 0.6 is 47.0 Å². The summed E-state index contributed by atoms with van der Waals surface area (Å²) in [6.45, 7) is 0. The highest BCUT2D eigenvalue weighted by Gasteiger charge is 2.61. The van der Waals surface area contributed by atoms with Gasteiger partial charge in [-0.1, -0.05) is 132 Å². The summed E-state index contributed by atoms with van der Waals surface area (Å²) < 4.78 is -0.374. The fraction of sp³-hybridized carbons (Fsp3) is 0.0769. The summed E-state index contributed by atoms with van der Waals surface area (Å²) in [5.74, 6) is 0. The van der Waals surface area contributed by atoms with Crippen molar-refractivity contribution in [2.24, 2.45) is 0 Å². The molecule has 146 valence electrons. The Labute approximate surface area is 194 Å². The van der Waals surface area contributed by atoms with Crippen molar-refractivity contribution in [3.8, 4) is 0 Å². The van der Waals surface area contributed by atoms with Gasteiger partial charge >= 0.3 is 0 Å². The van der Waals surface area contributed by atoms with E-state index < -0.39 is 0 Å². The first-order chi connectivity index (χ1) is 14.8. The standard InChI is InChI=1S/C26H18S4/c1-3-11-19(12-4-1)25(27-21-15-7-8-16-22(21)28-25)26(20-13-5-2-6-14-20)29-23-17-9-10-18-24(23)30-26/h1-18H. The fourth-order valence-electron chi connectivity index (χ4n) is 4.10. The maximum Gasteiger partial charge on any atom is 0.124 e. The van der Waals surface area contributed by atoms with Gasteiger partial charge in [-0.2, -0.15) is 0 Å². The van der Waals surface area contributed by atoms with Gasteiger partial charge in [0.25, 0.3) is 0 Å². The molecule has 4 aromatic rings. The molecule has 0 saturated carbocycles. The second-order valence-corrected chi connectivity index (χ2v) is 12.8. The average Bonchev–Trinajstić information content (AvgIpc) is 3.41. The van der Waals surface area contributed by atoms with Crippen LogP contribution in [0.1, 0.15) is 11.1 Å². The number of rotatable bonds is 3. The van der Waals surface area contributed by atoms with Crippen LogP contribution in [0.25, 0.3) is 0 Å². The van der Waals surface area contributed by atoms with Crippen molar-refractivity contribution in [3.05, 3.63) is 120 Å². The van der Waals surface area contributed by atoms with Gasteiger partial charge < -0.3 is 0 Å². The van der Waals surface area contributed by atoms with Crippen molar-refractivity contribution >= 4 is 47.0 Å². The molecule has 4 aromatic carbocycles. The van der Waals surface area contributed by atoms with Gasteiger partial charge in [-0.25, -0.2) is 0 Å². The van der Waals surface area contributed by atoms with Gasteiger partial charge in [0.1, 0.15) is 8.16 Å². The van der Waals surface area contributed by atoms with Gasteiger partial charge in [0.05, 0.1) is 0 Å². The molecule has 2 aliphatic heterocycles. The molecule has 0 fully saturated rings. The van der Waals surface area contributed by atoms with E-state index in [9.17, 15) is 0 Å². The number of hydrogen-bond donors (Lipinski definition) is 0. The topological polar surface area (TPSA) is 0 Å². The molecule has 30 heavy (non-hydrogen) atoms. The van der Waals surface area contributed by atoms with Crippen LogP contribution in [0, 0.1) is 0 Å². The van der Waals surface area contributed by atoms with Gasteiger partial charge in [-0.15, -0.1) is 0 Å². The zero-order chi connectivity index (χ0) is 20.0. The van der Waals surface area contributed by atoms with E-state index in [0.29, 0.717) is 0 Å². The predicted molar refractivity (Wildman–Crippen MR) is 133 cm³/mol. The SMILES string of the molecule is c1ccc(C2(C3(c4ccccc4)Sc4ccccc4S3)Sc3ccccc3S2)cc1. The van der Waals surface area contributed by atoms with Crippen molar-refractivity contribution in [1.82, 2.24) is 0 Å². The molecular weight excluding hydrogens is 441 g/mol. The molecule has 0 aliphatic carbocycles. The summed E-state index contributed by atoms with van der Waals surface area (Å²) in [5.41, 5.74) is 2.74. The zero-order valence-electron chi connectivity index (χ0n) is 16.0. The minimum atomic E-state index is -0.187. The summed E-state index contributed by atoms with van der Waals surface area (Å²) in [5, 5.41) is 0. The number of thioether (sulfide) groups is 4. The van der Waals surface area contributed by atoms with Crippen LogP contribution in [-0.4, -0.2) is 0 Å². The highest BCUT2D eigenvalue weighted by molar-refractivity contribution is 8.26. The molecule has 0 aromatic heterocycles. The van der Waals surface area contributed by atoms with Crippen LogP contribution in [-0.2, 0) is 8.16 Å². The lowest BCUT2D eigenvalue weighted by atomic mass is 10.0. The van der Waals surface area contributed by atoms with Crippen LogP contribution in [0.3, 0.4) is 0 Å². The Hall–Kier alpha value is -1.72. The molecule has 0 saturated heterocycles. The van der Waals surface area contributed by atoms with Crippen LogP contribution in [0.4, 0.5) is 0 Å². The van der Waals surface area contributed by atoms with Gasteiger partial charge in [0.2, 0.25) is 0 Å². The van der Waals surface area contributed by atoms with Gasteiger partial charge in [-0.3, -0.25) is 0 Å². The van der Waals surface area contributed by atoms with Crippen molar-refractivity contribution in [2.75, 3.05) is 0 Å². The summed E-state index contributed by atoms with van der Waals surface area (Å²) in [7, 11) is 0. The number of fused-ring (bicyclic) bond motifs is 2. The van der Waals surface area contributed by atoms with Crippen LogP contribution in [0.5, 0.6) is 0 Å². The van der Waals surface area contributed by atoms with Gasteiger partial charge in [-0.05, 0) is 35.4 Å². The summed E-state index contributed by atoms with van der Waals surface area (Å²) in [6, 6.07) is 39.9. The molecule has 0 atom stereocenters. The van der Waals surface area contributed by atoms with E-state index >= 15 is 0 Å². The molecule has 6 rings (SSSR count). The van der Waals surface area contributed by atoms with Crippen molar-refractivity contribution < 1.29 is 0 Å². The van der Waals surface area contributed by atoms with Crippen LogP contribution in [0.15, 0.2) is 129 Å². The fourth-order valence-corrected chi connectivity index (χ4v) is 11.5. The van der Waals surface area contributed by atoms with E-state index in [1.54, 1.807) is 0 Å². The van der Waals surface area contributed by atoms with E-state index in [1.165, 1.54) is 30.7 Å². The molecule has 0 N–H and O–H groups in total. The third-order valence-corrected chi connectivity index (χ3v) is 12.9. The number of benzene rings is 4. The Kier molecular flexibility index (Phi) is 4.72. The molecular formula is C26H18S4. The molecule has 2 aliphatic rings. The number of hydrogen-bond acceptors (Lipinski definition) is 4. The second kappa shape index (κ2) is 7.45. The Morgan fingerprint density at radius 1 is 0.333 bits per heavy atom. The first-order valence-electron chi connectivity index (χ1n) is 9.86. The average molecular weight is 459 g/mol. The Morgan fingerprint density at radius 3 is 0.900 bits per heavy atom. The quantitative estimate of drug-likeness (QED) is 0.302. The molecule has 0 nitrogen and oxygen atoms in total. The molecule has 4 heteroatoms. The van der Waals surface area contributed by atoms with E-state index in [-0.39, 0.29) is 8.16 Å². The van der Waals surface area contributed by atoms with Crippen LogP contribution in [0.2, 0.25) is 0 Å². The molecule has 0 unspecified atom stereocenters. The van der Waals surface area contributed by atoms with Crippen molar-refractivity contribution in [1.29, 1.82) is 0 Å². The summed E-state index contributed by atoms with van der Waals surface area (Å²) in [4.78, 5) is 5.50.